The molecule has 0 bridgehead atoms. The summed E-state index contributed by atoms with van der Waals surface area (Å²) in [5, 5.41) is 0. The number of nitrogens with two attached hydrogens (primary N) is 1. The summed E-state index contributed by atoms with van der Waals surface area (Å²) in [6.45, 7) is 2.85. The third-order valence-electron chi connectivity index (χ3n) is 2.48. The van der Waals surface area contributed by atoms with E-state index in [0.717, 1.165) is 19.3 Å². The number of nitrogens with zero attached hydrogens (tertiary/aromatic N) is 1. The molecule has 0 aromatic heterocycles. The Labute approximate surface area is 80.1 Å². The summed E-state index contributed by atoms with van der Waals surface area (Å²) >= 11 is 0. The van der Waals surface area contributed by atoms with Crippen LogP contribution in [0, 0.1) is 0 Å². The first-order chi connectivity index (χ1) is 6.08. The predicted molar refractivity (Wildman–Crippen MR) is 52.9 cm³/mol. The summed E-state index contributed by atoms with van der Waals surface area (Å²) in [6.07, 6.45) is 3.09. The molecular weight excluding hydrogens is 188 g/mol. The normalized spacial score (nSPS) is 26.2. The lowest BCUT2D eigenvalue weighted by molar-refractivity contribution is 0.269. The van der Waals surface area contributed by atoms with E-state index in [0.29, 0.717) is 6.54 Å². The zero-order valence-electron chi connectivity index (χ0n) is 8.07. The molecule has 0 radical (unpaired) electrons. The molecule has 0 saturated carbocycles. The van der Waals surface area contributed by atoms with Crippen molar-refractivity contribution in [2.75, 3.05) is 18.8 Å². The van der Waals surface area contributed by atoms with Crippen molar-refractivity contribution in [2.24, 2.45) is 5.73 Å². The lowest BCUT2D eigenvalue weighted by Crippen LogP contribution is -2.44. The Kier molecular flexibility index (Phi) is 3.70. The highest BCUT2D eigenvalue weighted by molar-refractivity contribution is 7.89. The molecule has 1 rings (SSSR count). The molecule has 1 fully saturated rings. The van der Waals surface area contributed by atoms with Crippen molar-refractivity contribution in [1.82, 2.24) is 4.31 Å². The molecule has 1 heterocycles. The van der Waals surface area contributed by atoms with Crippen LogP contribution in [0.4, 0.5) is 0 Å². The Morgan fingerprint density at radius 2 is 2.15 bits per heavy atom. The summed E-state index contributed by atoms with van der Waals surface area (Å²) in [7, 11) is -3.07. The van der Waals surface area contributed by atoms with Crippen molar-refractivity contribution in [3.05, 3.63) is 0 Å². The van der Waals surface area contributed by atoms with Gasteiger partial charge in [-0.05, 0) is 19.8 Å². The number of piperidine rings is 1. The molecular formula is C8H18N2O2S. The average Bonchev–Trinajstić information content (AvgIpc) is 2.04. The first-order valence-corrected chi connectivity index (χ1v) is 6.38. The summed E-state index contributed by atoms with van der Waals surface area (Å²) in [5.41, 5.74) is 5.26. The molecule has 0 aromatic carbocycles. The van der Waals surface area contributed by atoms with Gasteiger partial charge in [0, 0.05) is 19.1 Å². The SMILES string of the molecule is CC1CCCCN1S(=O)(=O)CCN. The van der Waals surface area contributed by atoms with Gasteiger partial charge in [-0.1, -0.05) is 6.42 Å². The van der Waals surface area contributed by atoms with Crippen LogP contribution in [-0.2, 0) is 10.0 Å². The molecule has 4 nitrogen and oxygen atoms in total. The van der Waals surface area contributed by atoms with Gasteiger partial charge in [0.2, 0.25) is 10.0 Å². The maximum absolute atomic E-state index is 11.6. The highest BCUT2D eigenvalue weighted by Crippen LogP contribution is 2.19. The van der Waals surface area contributed by atoms with Crippen molar-refractivity contribution in [1.29, 1.82) is 0 Å². The molecule has 0 aromatic rings. The Morgan fingerprint density at radius 1 is 1.46 bits per heavy atom. The van der Waals surface area contributed by atoms with E-state index in [1.54, 1.807) is 4.31 Å². The largest absolute Gasteiger partial charge is 0.329 e. The lowest BCUT2D eigenvalue weighted by Gasteiger charge is -2.32. The van der Waals surface area contributed by atoms with Crippen molar-refractivity contribution in [2.45, 2.75) is 32.2 Å². The minimum Gasteiger partial charge on any atom is -0.329 e. The van der Waals surface area contributed by atoms with E-state index in [2.05, 4.69) is 0 Å². The van der Waals surface area contributed by atoms with Crippen LogP contribution in [0.15, 0.2) is 0 Å². The standard InChI is InChI=1S/C8H18N2O2S/c1-8-4-2-3-6-10(8)13(11,12)7-5-9/h8H,2-7,9H2,1H3. The minimum absolute atomic E-state index is 0.0807. The number of hydrogen-bond acceptors (Lipinski definition) is 3. The van der Waals surface area contributed by atoms with Gasteiger partial charge >= 0.3 is 0 Å². The van der Waals surface area contributed by atoms with Gasteiger partial charge in [0.25, 0.3) is 0 Å². The third-order valence-corrected chi connectivity index (χ3v) is 4.48. The first-order valence-electron chi connectivity index (χ1n) is 4.77. The second-order valence-electron chi connectivity index (χ2n) is 3.56. The van der Waals surface area contributed by atoms with Crippen LogP contribution in [0.5, 0.6) is 0 Å². The molecule has 0 spiro atoms. The molecule has 1 atom stereocenters. The Hall–Kier alpha value is -0.130. The van der Waals surface area contributed by atoms with Crippen molar-refractivity contribution < 1.29 is 8.42 Å². The molecule has 78 valence electrons. The molecule has 1 aliphatic heterocycles. The fraction of sp³-hybridized carbons (Fsp3) is 1.00. The lowest BCUT2D eigenvalue weighted by atomic mass is 10.1. The Morgan fingerprint density at radius 3 is 2.69 bits per heavy atom. The highest BCUT2D eigenvalue weighted by atomic mass is 32.2. The number of rotatable bonds is 3. The molecule has 1 unspecified atom stereocenters. The van der Waals surface area contributed by atoms with Crippen LogP contribution in [0.25, 0.3) is 0 Å². The number of sulfonamides is 1. The van der Waals surface area contributed by atoms with Crippen LogP contribution >= 0.6 is 0 Å². The highest BCUT2D eigenvalue weighted by Gasteiger charge is 2.28. The Balaban J connectivity index is 2.68. The van der Waals surface area contributed by atoms with Gasteiger partial charge in [-0.25, -0.2) is 8.42 Å². The summed E-state index contributed by atoms with van der Waals surface area (Å²) in [5.74, 6) is 0.0807. The summed E-state index contributed by atoms with van der Waals surface area (Å²) in [6, 6.07) is 0.158. The molecule has 0 amide bonds. The van der Waals surface area contributed by atoms with Gasteiger partial charge < -0.3 is 5.73 Å². The minimum atomic E-state index is -3.07. The van der Waals surface area contributed by atoms with Gasteiger partial charge in [0.15, 0.2) is 0 Å². The summed E-state index contributed by atoms with van der Waals surface area (Å²) < 4.78 is 24.9. The van der Waals surface area contributed by atoms with E-state index in [1.165, 1.54) is 0 Å². The smallest absolute Gasteiger partial charge is 0.215 e. The van der Waals surface area contributed by atoms with Gasteiger partial charge in [-0.2, -0.15) is 4.31 Å². The second kappa shape index (κ2) is 4.39. The molecule has 2 N–H and O–H groups in total. The van der Waals surface area contributed by atoms with Crippen LogP contribution in [0.3, 0.4) is 0 Å². The molecule has 1 aliphatic rings. The van der Waals surface area contributed by atoms with E-state index in [1.807, 2.05) is 6.92 Å². The maximum atomic E-state index is 11.6. The number of hydrogen-bond donors (Lipinski definition) is 1. The molecule has 0 aliphatic carbocycles. The van der Waals surface area contributed by atoms with Crippen molar-refractivity contribution in [3.63, 3.8) is 0 Å². The fourth-order valence-corrected chi connectivity index (χ4v) is 3.34. The molecule has 5 heteroatoms. The van der Waals surface area contributed by atoms with E-state index < -0.39 is 10.0 Å². The van der Waals surface area contributed by atoms with E-state index in [9.17, 15) is 8.42 Å². The van der Waals surface area contributed by atoms with Crippen LogP contribution in [-0.4, -0.2) is 37.6 Å². The Bertz CT molecular complexity index is 251. The monoisotopic (exact) mass is 206 g/mol. The predicted octanol–water partition coefficient (Wildman–Crippen LogP) is 0.149. The fourth-order valence-electron chi connectivity index (χ4n) is 1.75. The van der Waals surface area contributed by atoms with E-state index in [4.69, 9.17) is 5.73 Å². The van der Waals surface area contributed by atoms with Crippen LogP contribution in [0.1, 0.15) is 26.2 Å². The van der Waals surface area contributed by atoms with E-state index >= 15 is 0 Å². The average molecular weight is 206 g/mol. The summed E-state index contributed by atoms with van der Waals surface area (Å²) in [4.78, 5) is 0. The zero-order valence-corrected chi connectivity index (χ0v) is 8.89. The van der Waals surface area contributed by atoms with E-state index in [-0.39, 0.29) is 18.3 Å². The van der Waals surface area contributed by atoms with Gasteiger partial charge in [0.05, 0.1) is 5.75 Å². The maximum Gasteiger partial charge on any atom is 0.215 e. The third kappa shape index (κ3) is 2.65. The molecule has 13 heavy (non-hydrogen) atoms. The first kappa shape index (κ1) is 10.9. The topological polar surface area (TPSA) is 63.4 Å². The van der Waals surface area contributed by atoms with Crippen molar-refractivity contribution in [3.8, 4) is 0 Å². The van der Waals surface area contributed by atoms with Crippen LogP contribution in [0.2, 0.25) is 0 Å². The van der Waals surface area contributed by atoms with Crippen molar-refractivity contribution >= 4 is 10.0 Å². The van der Waals surface area contributed by atoms with Gasteiger partial charge in [-0.3, -0.25) is 0 Å². The second-order valence-corrected chi connectivity index (χ2v) is 5.60. The van der Waals surface area contributed by atoms with Crippen LogP contribution < -0.4 is 5.73 Å². The zero-order chi connectivity index (χ0) is 9.90. The quantitative estimate of drug-likeness (QED) is 0.715. The van der Waals surface area contributed by atoms with Gasteiger partial charge in [-0.15, -0.1) is 0 Å². The van der Waals surface area contributed by atoms with Gasteiger partial charge in [0.1, 0.15) is 0 Å². The molecule has 1 saturated heterocycles.